The Morgan fingerprint density at radius 1 is 0.269 bits per heavy atom. The quantitative estimate of drug-likeness (QED) is 0.0261. The standard InChI is InChI=1S/C91H104O17/c1-3-4-5-6-7-35-54-95-89-87(102-63-76-52-33-16-34-53-76)85(108-91-88(104-67(2)92)84(100-61-74-48-29-14-30-49-74)81(97-58-71-42-23-11-24-43-71)78(107-91)65-94-56-69-38-19-9-20-39-69)82(98-59-72-44-25-12-26-45-72)79(106-89)66-103-90-86(101-62-75-50-31-15-32-51-75)83(99-60-73-46-27-13-28-47-73)80(96-57-70-40-21-10-22-41-70)77(105-90)64-93-55-68-36-17-8-18-37-68/h8-34,36-53,77-91H,3-7,35,54-66H2,1-2H3/t77-,78-,79-,80-,81-,82-,83+,84+,85+,86+,87+,88+,89-,90+,91-/m1/s1. The van der Waals surface area contributed by atoms with E-state index in [9.17, 15) is 4.79 Å². The van der Waals surface area contributed by atoms with Gasteiger partial charge in [0.2, 0.25) is 0 Å². The van der Waals surface area contributed by atoms with Crippen LogP contribution in [0.3, 0.4) is 0 Å². The van der Waals surface area contributed by atoms with E-state index in [0.717, 1.165) is 88.6 Å². The average molecular weight is 1470 g/mol. The molecule has 108 heavy (non-hydrogen) atoms. The van der Waals surface area contributed by atoms with Crippen molar-refractivity contribution >= 4 is 5.97 Å². The van der Waals surface area contributed by atoms with Crippen LogP contribution in [0, 0.1) is 0 Å². The summed E-state index contributed by atoms with van der Waals surface area (Å²) in [7, 11) is 0. The highest BCUT2D eigenvalue weighted by Gasteiger charge is 2.57. The third-order valence-corrected chi connectivity index (χ3v) is 19.4. The lowest BCUT2D eigenvalue weighted by atomic mass is 9.95. The second-order valence-corrected chi connectivity index (χ2v) is 27.6. The van der Waals surface area contributed by atoms with E-state index in [0.29, 0.717) is 13.2 Å². The van der Waals surface area contributed by atoms with Crippen LogP contribution in [0.15, 0.2) is 273 Å². The van der Waals surface area contributed by atoms with E-state index < -0.39 is 98.1 Å². The second kappa shape index (κ2) is 43.9. The minimum Gasteiger partial charge on any atom is -0.454 e. The molecule has 3 saturated heterocycles. The predicted molar refractivity (Wildman–Crippen MR) is 409 cm³/mol. The zero-order valence-corrected chi connectivity index (χ0v) is 62.0. The van der Waals surface area contributed by atoms with Gasteiger partial charge in [-0.1, -0.05) is 312 Å². The van der Waals surface area contributed by atoms with Crippen LogP contribution in [0.4, 0.5) is 0 Å². The van der Waals surface area contributed by atoms with Crippen molar-refractivity contribution in [1.82, 2.24) is 0 Å². The molecule has 0 amide bonds. The SMILES string of the molecule is CCCCCCCCO[C@@H]1O[C@H](CO[C@H]2O[C@H](COCc3ccccc3)[C@@H](OCc3ccccc3)[C@H](OCc3ccccc3)[C@@H]2OCc2ccccc2)[C@@H](OCc2ccccc2)[C@H](O[C@H]2O[C@H](COCc3ccccc3)[C@@H](OCc3ccccc3)[C@H](OCc3ccccc3)[C@@H]2OC(C)=O)[C@@H]1OCc1ccccc1. The van der Waals surface area contributed by atoms with Crippen molar-refractivity contribution in [2.45, 2.75) is 204 Å². The van der Waals surface area contributed by atoms with Gasteiger partial charge in [0.25, 0.3) is 0 Å². The van der Waals surface area contributed by atoms with Gasteiger partial charge in [-0.3, -0.25) is 4.79 Å². The summed E-state index contributed by atoms with van der Waals surface area (Å²) in [6.45, 7) is 5.50. The van der Waals surface area contributed by atoms with Gasteiger partial charge in [0.05, 0.1) is 79.3 Å². The summed E-state index contributed by atoms with van der Waals surface area (Å²) < 4.78 is 115. The maximum atomic E-state index is 14.0. The van der Waals surface area contributed by atoms with E-state index in [4.69, 9.17) is 75.8 Å². The van der Waals surface area contributed by atoms with Gasteiger partial charge in [0.15, 0.2) is 25.0 Å². The molecule has 3 heterocycles. The van der Waals surface area contributed by atoms with E-state index in [2.05, 4.69) is 6.92 Å². The van der Waals surface area contributed by atoms with Gasteiger partial charge in [-0.15, -0.1) is 0 Å². The van der Waals surface area contributed by atoms with Crippen LogP contribution in [-0.4, -0.2) is 125 Å². The number of carbonyl (C=O) groups is 1. The summed E-state index contributed by atoms with van der Waals surface area (Å²) in [5.74, 6) is -0.600. The lowest BCUT2D eigenvalue weighted by molar-refractivity contribution is -0.380. The lowest BCUT2D eigenvalue weighted by Gasteiger charge is -2.50. The number of hydrogen-bond acceptors (Lipinski definition) is 17. The molecule has 0 aliphatic carbocycles. The van der Waals surface area contributed by atoms with Crippen molar-refractivity contribution in [3.05, 3.63) is 323 Å². The smallest absolute Gasteiger partial charge is 0.303 e. The minimum atomic E-state index is -1.41. The highest BCUT2D eigenvalue weighted by atomic mass is 16.8. The van der Waals surface area contributed by atoms with Crippen molar-refractivity contribution < 1.29 is 80.6 Å². The topological polar surface area (TPSA) is 165 Å². The Labute approximate surface area is 636 Å². The number of ether oxygens (including phenoxy) is 16. The molecule has 15 atom stereocenters. The summed E-state index contributed by atoms with van der Waals surface area (Å²) in [5.41, 5.74) is 8.35. The molecular weight excluding hydrogens is 1360 g/mol. The molecule has 12 rings (SSSR count). The maximum absolute atomic E-state index is 14.0. The molecule has 3 aliphatic heterocycles. The van der Waals surface area contributed by atoms with E-state index in [-0.39, 0.29) is 72.7 Å². The Bertz CT molecular complexity index is 3880. The molecule has 3 fully saturated rings. The van der Waals surface area contributed by atoms with Crippen molar-refractivity contribution in [2.24, 2.45) is 0 Å². The first kappa shape index (κ1) is 79.4. The number of hydrogen-bond donors (Lipinski definition) is 0. The lowest BCUT2D eigenvalue weighted by Crippen LogP contribution is -2.67. The molecule has 0 bridgehead atoms. The fourth-order valence-corrected chi connectivity index (χ4v) is 13.8. The third-order valence-electron chi connectivity index (χ3n) is 19.4. The molecule has 0 radical (unpaired) electrons. The van der Waals surface area contributed by atoms with E-state index in [1.165, 1.54) is 6.92 Å². The fraction of sp³-hybridized carbons (Fsp3) is 0.396. The highest BCUT2D eigenvalue weighted by molar-refractivity contribution is 5.66. The van der Waals surface area contributed by atoms with E-state index >= 15 is 0 Å². The van der Waals surface area contributed by atoms with Gasteiger partial charge in [0, 0.05) is 13.5 Å². The fourth-order valence-electron chi connectivity index (χ4n) is 13.8. The number of rotatable bonds is 43. The van der Waals surface area contributed by atoms with E-state index in [1.807, 2.05) is 273 Å². The van der Waals surface area contributed by atoms with Gasteiger partial charge in [0.1, 0.15) is 67.1 Å². The molecule has 17 nitrogen and oxygen atoms in total. The minimum absolute atomic E-state index is 0.0176. The van der Waals surface area contributed by atoms with Crippen LogP contribution in [0.1, 0.15) is 102 Å². The summed E-state index contributed by atoms with van der Waals surface area (Å²) in [4.78, 5) is 14.0. The molecule has 0 N–H and O–H groups in total. The maximum Gasteiger partial charge on any atom is 0.303 e. The van der Waals surface area contributed by atoms with Crippen molar-refractivity contribution in [3.8, 4) is 0 Å². The normalized spacial score (nSPS) is 24.3. The van der Waals surface area contributed by atoms with Crippen LogP contribution >= 0.6 is 0 Å². The molecule has 0 spiro atoms. The third kappa shape index (κ3) is 24.7. The van der Waals surface area contributed by atoms with Crippen LogP contribution in [-0.2, 0) is 140 Å². The first-order valence-electron chi connectivity index (χ1n) is 38.2. The molecule has 0 unspecified atom stereocenters. The summed E-state index contributed by atoms with van der Waals surface area (Å²) in [6.07, 6.45) is -9.25. The van der Waals surface area contributed by atoms with Crippen LogP contribution < -0.4 is 0 Å². The number of benzene rings is 9. The zero-order chi connectivity index (χ0) is 74.0. The highest BCUT2D eigenvalue weighted by Crippen LogP contribution is 2.39. The number of unbranched alkanes of at least 4 members (excludes halogenated alkanes) is 5. The molecular formula is C91H104O17. The Hall–Kier alpha value is -8.15. The Balaban J connectivity index is 0.955. The molecule has 0 aromatic heterocycles. The molecule has 570 valence electrons. The van der Waals surface area contributed by atoms with Gasteiger partial charge < -0.3 is 75.8 Å². The molecule has 0 saturated carbocycles. The zero-order valence-electron chi connectivity index (χ0n) is 62.0. The first-order chi connectivity index (χ1) is 53.4. The van der Waals surface area contributed by atoms with Crippen LogP contribution in [0.5, 0.6) is 0 Å². The molecule has 3 aliphatic rings. The Morgan fingerprint density at radius 3 is 0.889 bits per heavy atom. The average Bonchev–Trinajstić information content (AvgIpc) is 0.772. The Morgan fingerprint density at radius 2 is 0.537 bits per heavy atom. The van der Waals surface area contributed by atoms with Crippen molar-refractivity contribution in [3.63, 3.8) is 0 Å². The molecule has 9 aromatic rings. The van der Waals surface area contributed by atoms with E-state index in [1.54, 1.807) is 0 Å². The van der Waals surface area contributed by atoms with Crippen molar-refractivity contribution in [2.75, 3.05) is 26.4 Å². The largest absolute Gasteiger partial charge is 0.454 e. The summed E-state index contributed by atoms with van der Waals surface area (Å²) in [6, 6.07) is 89.6. The molecule has 17 heteroatoms. The summed E-state index contributed by atoms with van der Waals surface area (Å²) in [5, 5.41) is 0. The summed E-state index contributed by atoms with van der Waals surface area (Å²) >= 11 is 0. The first-order valence-corrected chi connectivity index (χ1v) is 38.2. The predicted octanol–water partition coefficient (Wildman–Crippen LogP) is 16.4. The number of esters is 1. The molecule has 9 aromatic carbocycles. The monoisotopic (exact) mass is 1470 g/mol. The second-order valence-electron chi connectivity index (χ2n) is 27.6. The van der Waals surface area contributed by atoms with Gasteiger partial charge in [-0.25, -0.2) is 0 Å². The van der Waals surface area contributed by atoms with Crippen LogP contribution in [0.2, 0.25) is 0 Å². The van der Waals surface area contributed by atoms with Crippen LogP contribution in [0.25, 0.3) is 0 Å². The van der Waals surface area contributed by atoms with Gasteiger partial charge in [-0.05, 0) is 56.5 Å². The Kier molecular flexibility index (Phi) is 32.3. The van der Waals surface area contributed by atoms with Gasteiger partial charge in [-0.2, -0.15) is 0 Å². The van der Waals surface area contributed by atoms with Gasteiger partial charge >= 0.3 is 5.97 Å². The number of carbonyl (C=O) groups excluding carboxylic acids is 1. The van der Waals surface area contributed by atoms with Crippen molar-refractivity contribution in [1.29, 1.82) is 0 Å².